The number of primary amides is 1. The van der Waals surface area contributed by atoms with Gasteiger partial charge in [-0.1, -0.05) is 11.8 Å². The monoisotopic (exact) mass is 505 g/mol. The first-order valence-corrected chi connectivity index (χ1v) is 11.8. The van der Waals surface area contributed by atoms with E-state index >= 15 is 0 Å². The van der Waals surface area contributed by atoms with Gasteiger partial charge in [0.05, 0.1) is 17.7 Å². The number of amides is 1. The van der Waals surface area contributed by atoms with Crippen LogP contribution in [0.15, 0.2) is 34.8 Å². The van der Waals surface area contributed by atoms with Crippen LogP contribution in [0.4, 0.5) is 0 Å². The molecule has 0 heterocycles. The van der Waals surface area contributed by atoms with E-state index in [2.05, 4.69) is 11.8 Å². The van der Waals surface area contributed by atoms with Crippen molar-refractivity contribution < 1.29 is 34.8 Å². The van der Waals surface area contributed by atoms with Crippen LogP contribution in [0.5, 0.6) is 5.75 Å². The number of nitrogens with zero attached hydrogens (tertiary/aromatic N) is 2. The van der Waals surface area contributed by atoms with Gasteiger partial charge in [-0.15, -0.1) is 0 Å². The van der Waals surface area contributed by atoms with E-state index in [0.29, 0.717) is 30.4 Å². The summed E-state index contributed by atoms with van der Waals surface area (Å²) in [7, 11) is 3.15. The average Bonchev–Trinajstić information content (AvgIpc) is 2.82. The van der Waals surface area contributed by atoms with Gasteiger partial charge in [-0.25, -0.2) is 0 Å². The number of hydrogen-bond acceptors (Lipinski definition) is 9. The largest absolute Gasteiger partial charge is 0.510 e. The van der Waals surface area contributed by atoms with Crippen LogP contribution >= 0.6 is 0 Å². The Morgan fingerprint density at radius 3 is 2.54 bits per heavy atom. The quantitative estimate of drug-likeness (QED) is 0.227. The van der Waals surface area contributed by atoms with Gasteiger partial charge in [0.25, 0.3) is 5.91 Å². The number of likely N-dealkylation sites (N-methyl/N-ethyl adjacent to an activating group) is 1. The number of fused-ring (bicyclic) bond motifs is 3. The average molecular weight is 506 g/mol. The third kappa shape index (κ3) is 3.86. The molecule has 1 aromatic rings. The number of Topliss-reactive ketones (excluding diaryl/α,β-unsaturated/α-hetero) is 2. The Bertz CT molecular complexity index is 1390. The molecule has 0 radical (unpaired) electrons. The molecule has 0 aromatic heterocycles. The predicted octanol–water partition coefficient (Wildman–Crippen LogP) is 1.17. The minimum absolute atomic E-state index is 0.0104. The fourth-order valence-corrected chi connectivity index (χ4v) is 5.78. The third-order valence-electron chi connectivity index (χ3n) is 7.42. The number of nitriles is 1. The summed E-state index contributed by atoms with van der Waals surface area (Å²) in [6.45, 7) is 0. The van der Waals surface area contributed by atoms with Crippen LogP contribution in [-0.2, 0) is 16.0 Å². The summed E-state index contributed by atoms with van der Waals surface area (Å²) < 4.78 is 0. The van der Waals surface area contributed by atoms with Gasteiger partial charge in [0.1, 0.15) is 22.8 Å². The normalized spacial score (nSPS) is 26.6. The first-order valence-electron chi connectivity index (χ1n) is 11.8. The standard InChI is InChI=1S/C27H27N3O7/c1-30(2)21-16-12-14-11-15-13(7-5-3-4-6-10-28)8-9-17(31)19(15)22(32)18(14)24(34)27(16,37)25(35)20(23(21)33)26(29)36/h8-9,14,16,21,31,33-34,37H,3-4,6,11-12H2,1-2H3,(H2,29,36)/t14-,16-,21-,27-/m0/s1. The van der Waals surface area contributed by atoms with Crippen LogP contribution in [0, 0.1) is 35.0 Å². The summed E-state index contributed by atoms with van der Waals surface area (Å²) >= 11 is 0. The maximum absolute atomic E-state index is 13.6. The highest BCUT2D eigenvalue weighted by atomic mass is 16.3. The second-order valence-corrected chi connectivity index (χ2v) is 9.76. The van der Waals surface area contributed by atoms with Crippen molar-refractivity contribution in [2.24, 2.45) is 17.6 Å². The minimum Gasteiger partial charge on any atom is -0.510 e. The molecule has 0 saturated heterocycles. The van der Waals surface area contributed by atoms with Crippen molar-refractivity contribution >= 4 is 17.5 Å². The number of aliphatic hydroxyl groups is 3. The molecule has 4 atom stereocenters. The summed E-state index contributed by atoms with van der Waals surface area (Å²) in [5, 5.41) is 52.9. The highest BCUT2D eigenvalue weighted by Gasteiger charge is 2.63. The van der Waals surface area contributed by atoms with Gasteiger partial charge in [-0.3, -0.25) is 19.3 Å². The lowest BCUT2D eigenvalue weighted by Crippen LogP contribution is -2.63. The molecule has 0 fully saturated rings. The first kappa shape index (κ1) is 26.0. The highest BCUT2D eigenvalue weighted by Crippen LogP contribution is 2.52. The smallest absolute Gasteiger partial charge is 0.255 e. The van der Waals surface area contributed by atoms with Crippen molar-refractivity contribution in [2.75, 3.05) is 14.1 Å². The molecule has 192 valence electrons. The van der Waals surface area contributed by atoms with Crippen molar-refractivity contribution in [3.8, 4) is 23.7 Å². The van der Waals surface area contributed by atoms with Crippen molar-refractivity contribution in [3.63, 3.8) is 0 Å². The second-order valence-electron chi connectivity index (χ2n) is 9.76. The van der Waals surface area contributed by atoms with Gasteiger partial charge in [-0.2, -0.15) is 5.26 Å². The maximum atomic E-state index is 13.6. The lowest BCUT2D eigenvalue weighted by Gasteiger charge is -2.50. The Morgan fingerprint density at radius 1 is 1.22 bits per heavy atom. The Hall–Kier alpha value is -4.12. The fourth-order valence-electron chi connectivity index (χ4n) is 5.78. The highest BCUT2D eigenvalue weighted by molar-refractivity contribution is 6.24. The van der Waals surface area contributed by atoms with Gasteiger partial charge in [0, 0.05) is 29.9 Å². The van der Waals surface area contributed by atoms with E-state index in [1.54, 1.807) is 20.2 Å². The number of aromatic hydroxyl groups is 1. The molecule has 0 spiro atoms. The molecular formula is C27H27N3O7. The number of hydrogen-bond donors (Lipinski definition) is 5. The molecule has 10 heteroatoms. The number of phenolic OH excluding ortho intramolecular Hbond substituents is 1. The van der Waals surface area contributed by atoms with Gasteiger partial charge >= 0.3 is 0 Å². The number of phenols is 1. The topological polar surface area (TPSA) is 185 Å². The number of carbonyl (C=O) groups is 3. The number of aliphatic hydroxyl groups excluding tert-OH is 2. The SMILES string of the molecule is CN(C)[C@@H]1C(O)=C(C(N)=O)C(=O)[C@@]2(O)C(O)=C3C(=O)c4c(O)ccc(C#CCCCC#N)c4C[C@H]3C[C@@H]12. The lowest BCUT2D eigenvalue weighted by molar-refractivity contribution is -0.148. The van der Waals surface area contributed by atoms with Crippen molar-refractivity contribution in [1.82, 2.24) is 4.90 Å². The summed E-state index contributed by atoms with van der Waals surface area (Å²) in [6.07, 6.45) is 1.62. The minimum atomic E-state index is -2.67. The van der Waals surface area contributed by atoms with Crippen molar-refractivity contribution in [3.05, 3.63) is 51.5 Å². The van der Waals surface area contributed by atoms with E-state index in [9.17, 15) is 34.8 Å². The molecule has 3 aliphatic carbocycles. The van der Waals surface area contributed by atoms with Crippen molar-refractivity contribution in [1.29, 1.82) is 5.26 Å². The zero-order valence-corrected chi connectivity index (χ0v) is 20.4. The van der Waals surface area contributed by atoms with Crippen LogP contribution in [0.25, 0.3) is 0 Å². The third-order valence-corrected chi connectivity index (χ3v) is 7.42. The molecule has 4 rings (SSSR count). The summed E-state index contributed by atoms with van der Waals surface area (Å²) in [4.78, 5) is 40.4. The van der Waals surface area contributed by atoms with E-state index in [1.807, 2.05) is 6.07 Å². The molecule has 0 bridgehead atoms. The Balaban J connectivity index is 1.87. The van der Waals surface area contributed by atoms with Crippen LogP contribution < -0.4 is 5.73 Å². The summed E-state index contributed by atoms with van der Waals surface area (Å²) in [5.74, 6) is -0.923. The number of ketones is 2. The van der Waals surface area contributed by atoms with Gasteiger partial charge in [0.2, 0.25) is 5.78 Å². The van der Waals surface area contributed by atoms with E-state index in [1.165, 1.54) is 11.0 Å². The molecule has 1 aromatic carbocycles. The number of benzene rings is 1. The molecule has 0 saturated carbocycles. The molecule has 10 nitrogen and oxygen atoms in total. The lowest BCUT2D eigenvalue weighted by atomic mass is 9.58. The number of rotatable bonds is 4. The summed E-state index contributed by atoms with van der Waals surface area (Å²) in [5.41, 5.74) is 2.52. The Kier molecular flexibility index (Phi) is 6.59. The first-order chi connectivity index (χ1) is 17.5. The number of allylic oxidation sites excluding steroid dienone is 1. The molecule has 3 aliphatic rings. The molecule has 0 unspecified atom stereocenters. The molecule has 1 amide bonds. The van der Waals surface area contributed by atoms with E-state index in [4.69, 9.17) is 11.0 Å². The molecular weight excluding hydrogens is 478 g/mol. The van der Waals surface area contributed by atoms with Crippen LogP contribution in [0.2, 0.25) is 0 Å². The zero-order chi connectivity index (χ0) is 27.2. The number of carbonyl (C=O) groups excluding carboxylic acids is 3. The van der Waals surface area contributed by atoms with Gasteiger partial charge in [0.15, 0.2) is 11.4 Å². The molecule has 0 aliphatic heterocycles. The van der Waals surface area contributed by atoms with E-state index < -0.39 is 58.0 Å². The number of nitrogens with two attached hydrogens (primary N) is 1. The fraction of sp³-hybridized carbons (Fsp3) is 0.407. The second kappa shape index (κ2) is 9.40. The molecule has 6 N–H and O–H groups in total. The predicted molar refractivity (Wildman–Crippen MR) is 130 cm³/mol. The summed E-state index contributed by atoms with van der Waals surface area (Å²) in [6, 6.07) is 3.90. The zero-order valence-electron chi connectivity index (χ0n) is 20.4. The Labute approximate surface area is 213 Å². The Morgan fingerprint density at radius 2 is 1.92 bits per heavy atom. The van der Waals surface area contributed by atoms with Crippen LogP contribution in [-0.4, -0.2) is 68.5 Å². The van der Waals surface area contributed by atoms with Crippen molar-refractivity contribution in [2.45, 2.75) is 43.7 Å². The molecule has 37 heavy (non-hydrogen) atoms. The number of unbranched alkanes of at least 4 members (excludes halogenated alkanes) is 2. The van der Waals surface area contributed by atoms with E-state index in [-0.39, 0.29) is 29.7 Å². The van der Waals surface area contributed by atoms with E-state index in [0.717, 1.165) is 0 Å². The van der Waals surface area contributed by atoms with Gasteiger partial charge < -0.3 is 26.2 Å². The van der Waals surface area contributed by atoms with Crippen LogP contribution in [0.1, 0.15) is 47.2 Å². The maximum Gasteiger partial charge on any atom is 0.255 e. The van der Waals surface area contributed by atoms with Crippen LogP contribution in [0.3, 0.4) is 0 Å². The van der Waals surface area contributed by atoms with Gasteiger partial charge in [-0.05, 0) is 57.0 Å².